The second kappa shape index (κ2) is 5.90. The first-order valence-electron chi connectivity index (χ1n) is 6.77. The third-order valence-corrected chi connectivity index (χ3v) is 3.30. The van der Waals surface area contributed by atoms with E-state index in [-0.39, 0.29) is 11.7 Å². The van der Waals surface area contributed by atoms with E-state index in [0.29, 0.717) is 12.1 Å². The van der Waals surface area contributed by atoms with Gasteiger partial charge >= 0.3 is 0 Å². The monoisotopic (exact) mass is 274 g/mol. The maximum Gasteiger partial charge on any atom is 0.253 e. The molecule has 0 spiro atoms. The summed E-state index contributed by atoms with van der Waals surface area (Å²) in [4.78, 5) is 12.1. The molecule has 0 radical (unpaired) electrons. The van der Waals surface area contributed by atoms with Gasteiger partial charge in [-0.1, -0.05) is 6.92 Å². The van der Waals surface area contributed by atoms with Crippen molar-refractivity contribution in [2.24, 2.45) is 0 Å². The van der Waals surface area contributed by atoms with Crippen LogP contribution in [0.25, 0.3) is 5.69 Å². The van der Waals surface area contributed by atoms with Crippen LogP contribution in [0.1, 0.15) is 35.1 Å². The number of hydrogen-bond acceptors (Lipinski definition) is 1. The van der Waals surface area contributed by atoms with Crippen LogP contribution in [0, 0.1) is 19.7 Å². The fourth-order valence-electron chi connectivity index (χ4n) is 2.31. The molecule has 0 aliphatic heterocycles. The zero-order chi connectivity index (χ0) is 14.7. The molecule has 0 unspecified atom stereocenters. The van der Waals surface area contributed by atoms with Crippen LogP contribution >= 0.6 is 0 Å². The third-order valence-electron chi connectivity index (χ3n) is 3.30. The minimum Gasteiger partial charge on any atom is -0.352 e. The lowest BCUT2D eigenvalue weighted by molar-refractivity contribution is 0.0953. The Kier molecular flexibility index (Phi) is 4.23. The lowest BCUT2D eigenvalue weighted by Gasteiger charge is -2.10. The molecule has 0 fully saturated rings. The van der Waals surface area contributed by atoms with Gasteiger partial charge in [0.1, 0.15) is 5.82 Å². The summed E-state index contributed by atoms with van der Waals surface area (Å²) in [6.45, 7) is 6.52. The number of halogens is 1. The molecule has 20 heavy (non-hydrogen) atoms. The van der Waals surface area contributed by atoms with E-state index in [4.69, 9.17) is 0 Å². The second-order valence-electron chi connectivity index (χ2n) is 4.85. The highest BCUT2D eigenvalue weighted by atomic mass is 19.1. The molecule has 0 saturated carbocycles. The van der Waals surface area contributed by atoms with Gasteiger partial charge < -0.3 is 9.88 Å². The minimum absolute atomic E-state index is 0.0617. The summed E-state index contributed by atoms with van der Waals surface area (Å²) in [5.74, 6) is -0.328. The number of amides is 1. The number of carbonyl (C=O) groups is 1. The van der Waals surface area contributed by atoms with Gasteiger partial charge in [-0.05, 0) is 50.6 Å². The summed E-state index contributed by atoms with van der Waals surface area (Å²) in [6, 6.07) is 8.13. The van der Waals surface area contributed by atoms with Gasteiger partial charge in [0.2, 0.25) is 0 Å². The molecule has 0 aliphatic rings. The number of aryl methyl sites for hydroxylation is 1. The third kappa shape index (κ3) is 2.74. The van der Waals surface area contributed by atoms with Gasteiger partial charge in [-0.2, -0.15) is 0 Å². The first-order valence-corrected chi connectivity index (χ1v) is 6.77. The van der Waals surface area contributed by atoms with Gasteiger partial charge in [0, 0.05) is 23.6 Å². The van der Waals surface area contributed by atoms with E-state index in [9.17, 15) is 9.18 Å². The van der Waals surface area contributed by atoms with Crippen LogP contribution in [0.15, 0.2) is 30.3 Å². The number of rotatable bonds is 4. The van der Waals surface area contributed by atoms with Gasteiger partial charge in [0.25, 0.3) is 5.91 Å². The smallest absolute Gasteiger partial charge is 0.253 e. The summed E-state index contributed by atoms with van der Waals surface area (Å²) < 4.78 is 15.0. The summed E-state index contributed by atoms with van der Waals surface area (Å²) in [5, 5.41) is 2.88. The van der Waals surface area contributed by atoms with E-state index >= 15 is 0 Å². The quantitative estimate of drug-likeness (QED) is 0.911. The Labute approximate surface area is 118 Å². The van der Waals surface area contributed by atoms with Crippen LogP contribution in [-0.4, -0.2) is 17.0 Å². The molecule has 0 atom stereocenters. The average Bonchev–Trinajstić information content (AvgIpc) is 2.73. The summed E-state index contributed by atoms with van der Waals surface area (Å²) in [5.41, 5.74) is 3.34. The number of hydrogen-bond donors (Lipinski definition) is 1. The average molecular weight is 274 g/mol. The van der Waals surface area contributed by atoms with Crippen LogP contribution in [0.3, 0.4) is 0 Å². The van der Waals surface area contributed by atoms with Gasteiger partial charge in [-0.25, -0.2) is 4.39 Å². The Morgan fingerprint density at radius 2 is 1.90 bits per heavy atom. The summed E-state index contributed by atoms with van der Waals surface area (Å²) >= 11 is 0. The molecule has 1 N–H and O–H groups in total. The number of nitrogens with one attached hydrogen (secondary N) is 1. The topological polar surface area (TPSA) is 34.0 Å². The van der Waals surface area contributed by atoms with Crippen molar-refractivity contribution in [3.05, 3.63) is 53.1 Å². The Morgan fingerprint density at radius 3 is 2.50 bits per heavy atom. The molecule has 1 aromatic carbocycles. The number of nitrogens with zero attached hydrogens (tertiary/aromatic N) is 1. The Balaban J connectivity index is 2.38. The normalized spacial score (nSPS) is 10.6. The largest absolute Gasteiger partial charge is 0.352 e. The van der Waals surface area contributed by atoms with Crippen LogP contribution in [0.4, 0.5) is 4.39 Å². The standard InChI is InChI=1S/C16H19FN2O/c1-4-9-18-16(20)15-10-11(2)19(12(15)3)14-7-5-13(17)6-8-14/h5-8,10H,4,9H2,1-3H3,(H,18,20). The minimum atomic E-state index is -0.267. The predicted molar refractivity (Wildman–Crippen MR) is 77.8 cm³/mol. The van der Waals surface area contributed by atoms with Crippen LogP contribution in [0.2, 0.25) is 0 Å². The molecule has 2 rings (SSSR count). The van der Waals surface area contributed by atoms with Gasteiger partial charge in [0.05, 0.1) is 5.56 Å². The number of benzene rings is 1. The molecule has 0 saturated heterocycles. The zero-order valence-corrected chi connectivity index (χ0v) is 12.0. The van der Waals surface area contributed by atoms with Crippen molar-refractivity contribution in [3.8, 4) is 5.69 Å². The van der Waals surface area contributed by atoms with E-state index in [0.717, 1.165) is 23.5 Å². The van der Waals surface area contributed by atoms with Crippen molar-refractivity contribution in [3.63, 3.8) is 0 Å². The summed E-state index contributed by atoms with van der Waals surface area (Å²) in [7, 11) is 0. The van der Waals surface area contributed by atoms with Crippen LogP contribution < -0.4 is 5.32 Å². The molecule has 4 heteroatoms. The fourth-order valence-corrected chi connectivity index (χ4v) is 2.31. The van der Waals surface area contributed by atoms with Crippen molar-refractivity contribution in [1.82, 2.24) is 9.88 Å². The molecule has 1 amide bonds. The molecule has 0 bridgehead atoms. The lowest BCUT2D eigenvalue weighted by atomic mass is 10.2. The van der Waals surface area contributed by atoms with Crippen molar-refractivity contribution in [2.45, 2.75) is 27.2 Å². The van der Waals surface area contributed by atoms with Crippen LogP contribution in [-0.2, 0) is 0 Å². The maximum absolute atomic E-state index is 13.0. The van der Waals surface area contributed by atoms with E-state index < -0.39 is 0 Å². The van der Waals surface area contributed by atoms with Crippen molar-refractivity contribution in [1.29, 1.82) is 0 Å². The van der Waals surface area contributed by atoms with Crippen molar-refractivity contribution >= 4 is 5.91 Å². The van der Waals surface area contributed by atoms with E-state index in [1.165, 1.54) is 12.1 Å². The lowest BCUT2D eigenvalue weighted by Crippen LogP contribution is -2.24. The van der Waals surface area contributed by atoms with E-state index in [2.05, 4.69) is 5.32 Å². The number of carbonyl (C=O) groups excluding carboxylic acids is 1. The predicted octanol–water partition coefficient (Wildman–Crippen LogP) is 3.37. The molecule has 0 aliphatic carbocycles. The van der Waals surface area contributed by atoms with Gasteiger partial charge in [-0.15, -0.1) is 0 Å². The second-order valence-corrected chi connectivity index (χ2v) is 4.85. The van der Waals surface area contributed by atoms with E-state index in [1.54, 1.807) is 12.1 Å². The Bertz CT molecular complexity index is 614. The Morgan fingerprint density at radius 1 is 1.25 bits per heavy atom. The highest BCUT2D eigenvalue weighted by Gasteiger charge is 2.16. The van der Waals surface area contributed by atoms with Crippen molar-refractivity contribution < 1.29 is 9.18 Å². The maximum atomic E-state index is 13.0. The fraction of sp³-hybridized carbons (Fsp3) is 0.312. The zero-order valence-electron chi connectivity index (χ0n) is 12.0. The van der Waals surface area contributed by atoms with Gasteiger partial charge in [0.15, 0.2) is 0 Å². The first-order chi connectivity index (χ1) is 9.54. The van der Waals surface area contributed by atoms with Crippen molar-refractivity contribution in [2.75, 3.05) is 6.54 Å². The molecule has 106 valence electrons. The number of aromatic nitrogens is 1. The van der Waals surface area contributed by atoms with E-state index in [1.807, 2.05) is 31.4 Å². The SMILES string of the molecule is CCCNC(=O)c1cc(C)n(-c2ccc(F)cc2)c1C. The Hall–Kier alpha value is -2.10. The van der Waals surface area contributed by atoms with Gasteiger partial charge in [-0.3, -0.25) is 4.79 Å². The molecule has 1 heterocycles. The molecule has 1 aromatic heterocycles. The molecule has 2 aromatic rings. The highest BCUT2D eigenvalue weighted by Crippen LogP contribution is 2.21. The summed E-state index contributed by atoms with van der Waals surface area (Å²) in [6.07, 6.45) is 0.905. The molecule has 3 nitrogen and oxygen atoms in total. The van der Waals surface area contributed by atoms with Crippen LogP contribution in [0.5, 0.6) is 0 Å². The first kappa shape index (κ1) is 14.3. The molecular weight excluding hydrogens is 255 g/mol. The highest BCUT2D eigenvalue weighted by molar-refractivity contribution is 5.95. The molecular formula is C16H19FN2O.